The fraction of sp³-hybridized carbons (Fsp3) is 0.524. The number of morpholine rings is 1. The number of urea groups is 1. The number of aromatic nitrogens is 2. The van der Waals surface area contributed by atoms with E-state index in [1.807, 2.05) is 30.2 Å². The minimum absolute atomic E-state index is 0.115. The smallest absolute Gasteiger partial charge is 0.378 e. The largest absolute Gasteiger partial charge is 0.416 e. The van der Waals surface area contributed by atoms with Crippen molar-refractivity contribution in [2.75, 3.05) is 36.5 Å². The number of benzene rings is 1. The van der Waals surface area contributed by atoms with Crippen LogP contribution in [0.25, 0.3) is 0 Å². The number of ether oxygens (including phenoxy) is 1. The summed E-state index contributed by atoms with van der Waals surface area (Å²) in [5.74, 6) is 0. The molecule has 0 radical (unpaired) electrons. The van der Waals surface area contributed by atoms with Crippen LogP contribution >= 0.6 is 0 Å². The molecule has 0 spiro atoms. The van der Waals surface area contributed by atoms with Crippen LogP contribution in [0.5, 0.6) is 0 Å². The van der Waals surface area contributed by atoms with Crippen molar-refractivity contribution in [3.63, 3.8) is 0 Å². The highest BCUT2D eigenvalue weighted by molar-refractivity contribution is 5.93. The van der Waals surface area contributed by atoms with Crippen molar-refractivity contribution < 1.29 is 22.7 Å². The van der Waals surface area contributed by atoms with Gasteiger partial charge in [-0.2, -0.15) is 13.2 Å². The van der Waals surface area contributed by atoms with Gasteiger partial charge >= 0.3 is 12.2 Å². The van der Waals surface area contributed by atoms with E-state index in [1.54, 1.807) is 18.7 Å². The zero-order chi connectivity index (χ0) is 22.6. The van der Waals surface area contributed by atoms with Crippen LogP contribution in [0.2, 0.25) is 0 Å². The number of hydrogen-bond donors (Lipinski definition) is 2. The Balaban J connectivity index is 1.82. The summed E-state index contributed by atoms with van der Waals surface area (Å²) in [4.78, 5) is 18.7. The molecule has 0 aliphatic carbocycles. The summed E-state index contributed by atoms with van der Waals surface area (Å²) in [7, 11) is 0. The molecular weight excluding hydrogens is 411 g/mol. The first-order chi connectivity index (χ1) is 14.5. The topological polar surface area (TPSA) is 71.4 Å². The van der Waals surface area contributed by atoms with Gasteiger partial charge in [-0.25, -0.2) is 9.78 Å². The highest BCUT2D eigenvalue weighted by Crippen LogP contribution is 2.36. The van der Waals surface area contributed by atoms with E-state index >= 15 is 0 Å². The SMILES string of the molecule is CC(C)(C)[C@H](Cn1ccnc1)NC(=O)Nc1cc(C(F)(F)F)ccc1N1CCOCC1. The molecular formula is C21H28F3N5O2. The molecule has 2 heterocycles. The fourth-order valence-corrected chi connectivity index (χ4v) is 3.35. The van der Waals surface area contributed by atoms with Gasteiger partial charge < -0.3 is 24.8 Å². The van der Waals surface area contributed by atoms with E-state index in [1.165, 1.54) is 6.07 Å². The Morgan fingerprint density at radius 1 is 1.23 bits per heavy atom. The highest BCUT2D eigenvalue weighted by atomic mass is 19.4. The van der Waals surface area contributed by atoms with Crippen LogP contribution in [0.1, 0.15) is 26.3 Å². The van der Waals surface area contributed by atoms with Crippen molar-refractivity contribution in [3.05, 3.63) is 42.5 Å². The van der Waals surface area contributed by atoms with Gasteiger partial charge in [0.25, 0.3) is 0 Å². The molecule has 10 heteroatoms. The number of anilines is 2. The molecule has 0 saturated carbocycles. The van der Waals surface area contributed by atoms with Crippen LogP contribution < -0.4 is 15.5 Å². The van der Waals surface area contributed by atoms with Crippen LogP contribution in [0, 0.1) is 5.41 Å². The molecule has 1 aromatic heterocycles. The van der Waals surface area contributed by atoms with Crippen molar-refractivity contribution in [2.24, 2.45) is 5.41 Å². The van der Waals surface area contributed by atoms with Gasteiger partial charge in [-0.3, -0.25) is 0 Å². The number of amides is 2. The molecule has 0 bridgehead atoms. The number of alkyl halides is 3. The minimum atomic E-state index is -4.51. The molecule has 1 atom stereocenters. The molecule has 7 nitrogen and oxygen atoms in total. The van der Waals surface area contributed by atoms with E-state index in [4.69, 9.17) is 4.74 Å². The quantitative estimate of drug-likeness (QED) is 0.740. The number of nitrogens with zero attached hydrogens (tertiary/aromatic N) is 3. The van der Waals surface area contributed by atoms with Gasteiger partial charge in [-0.15, -0.1) is 0 Å². The third kappa shape index (κ3) is 6.13. The van der Waals surface area contributed by atoms with E-state index in [9.17, 15) is 18.0 Å². The lowest BCUT2D eigenvalue weighted by Crippen LogP contribution is -2.48. The maximum Gasteiger partial charge on any atom is 0.416 e. The zero-order valence-corrected chi connectivity index (χ0v) is 17.9. The van der Waals surface area contributed by atoms with Crippen LogP contribution in [0.4, 0.5) is 29.3 Å². The second-order valence-electron chi connectivity index (χ2n) is 8.61. The average molecular weight is 439 g/mol. The van der Waals surface area contributed by atoms with Gasteiger partial charge in [0, 0.05) is 32.0 Å². The van der Waals surface area contributed by atoms with Gasteiger partial charge in [0.2, 0.25) is 0 Å². The predicted octanol–water partition coefficient (Wildman–Crippen LogP) is 3.97. The van der Waals surface area contributed by atoms with Crippen molar-refractivity contribution in [2.45, 2.75) is 39.5 Å². The Labute approximate surface area is 179 Å². The molecule has 3 rings (SSSR count). The van der Waals surface area contributed by atoms with Gasteiger partial charge in [0.05, 0.1) is 42.5 Å². The second kappa shape index (κ2) is 9.17. The molecule has 2 N–H and O–H groups in total. The Hall–Kier alpha value is -2.75. The van der Waals surface area contributed by atoms with E-state index in [-0.39, 0.29) is 17.1 Å². The molecule has 1 saturated heterocycles. The summed E-state index contributed by atoms with van der Waals surface area (Å²) in [6.07, 6.45) is 0.589. The molecule has 2 amide bonds. The Morgan fingerprint density at radius 2 is 1.94 bits per heavy atom. The summed E-state index contributed by atoms with van der Waals surface area (Å²) in [5.41, 5.74) is -0.453. The maximum absolute atomic E-state index is 13.3. The summed E-state index contributed by atoms with van der Waals surface area (Å²) < 4.78 is 47.0. The van der Waals surface area contributed by atoms with Gasteiger partial charge in [-0.1, -0.05) is 20.8 Å². The first-order valence-electron chi connectivity index (χ1n) is 10.1. The molecule has 170 valence electrons. The highest BCUT2D eigenvalue weighted by Gasteiger charge is 2.32. The molecule has 1 aliphatic heterocycles. The van der Waals surface area contributed by atoms with Gasteiger partial charge in [0.1, 0.15) is 0 Å². The number of carbonyl (C=O) groups excluding carboxylic acids is 1. The summed E-state index contributed by atoms with van der Waals surface area (Å²) >= 11 is 0. The van der Waals surface area contributed by atoms with Crippen molar-refractivity contribution in [1.82, 2.24) is 14.9 Å². The maximum atomic E-state index is 13.3. The molecule has 2 aromatic rings. The molecule has 31 heavy (non-hydrogen) atoms. The van der Waals surface area contributed by atoms with E-state index in [0.29, 0.717) is 38.5 Å². The summed E-state index contributed by atoms with van der Waals surface area (Å²) in [6.45, 7) is 8.46. The molecule has 1 aromatic carbocycles. The molecule has 0 unspecified atom stereocenters. The summed E-state index contributed by atoms with van der Waals surface area (Å²) in [6, 6.07) is 2.57. The zero-order valence-electron chi connectivity index (χ0n) is 17.9. The number of halogens is 3. The third-order valence-corrected chi connectivity index (χ3v) is 5.23. The van der Waals surface area contributed by atoms with Crippen LogP contribution in [0.3, 0.4) is 0 Å². The standard InChI is InChI=1S/C21H28F3N5O2/c1-20(2,3)18(13-28-7-6-25-14-28)27-19(30)26-16-12-15(21(22,23)24)4-5-17(16)29-8-10-31-11-9-29/h4-7,12,14,18H,8-11,13H2,1-3H3,(H2,26,27,30)/t18-/m0/s1. The van der Waals surface area contributed by atoms with Gasteiger partial charge in [-0.05, 0) is 23.6 Å². The number of imidazole rings is 1. The van der Waals surface area contributed by atoms with Crippen molar-refractivity contribution in [1.29, 1.82) is 0 Å². The van der Waals surface area contributed by atoms with E-state index in [0.717, 1.165) is 12.1 Å². The lowest BCUT2D eigenvalue weighted by atomic mass is 9.86. The van der Waals surface area contributed by atoms with Crippen molar-refractivity contribution >= 4 is 17.4 Å². The molecule has 1 aliphatic rings. The van der Waals surface area contributed by atoms with Crippen LogP contribution in [-0.4, -0.2) is 47.9 Å². The monoisotopic (exact) mass is 439 g/mol. The predicted molar refractivity (Wildman–Crippen MR) is 112 cm³/mol. The first-order valence-corrected chi connectivity index (χ1v) is 10.1. The number of rotatable bonds is 5. The molecule has 1 fully saturated rings. The van der Waals surface area contributed by atoms with Crippen molar-refractivity contribution in [3.8, 4) is 0 Å². The summed E-state index contributed by atoms with van der Waals surface area (Å²) in [5, 5.41) is 5.55. The Bertz CT molecular complexity index is 872. The lowest BCUT2D eigenvalue weighted by Gasteiger charge is -2.33. The van der Waals surface area contributed by atoms with Crippen LogP contribution in [-0.2, 0) is 17.5 Å². The lowest BCUT2D eigenvalue weighted by molar-refractivity contribution is -0.137. The number of nitrogens with one attached hydrogen (secondary N) is 2. The van der Waals surface area contributed by atoms with E-state index < -0.39 is 17.8 Å². The average Bonchev–Trinajstić information content (AvgIpc) is 3.20. The number of carbonyl (C=O) groups is 1. The van der Waals surface area contributed by atoms with Gasteiger partial charge in [0.15, 0.2) is 0 Å². The fourth-order valence-electron chi connectivity index (χ4n) is 3.35. The number of hydrogen-bond acceptors (Lipinski definition) is 4. The normalized spacial score (nSPS) is 16.1. The Morgan fingerprint density at radius 3 is 2.52 bits per heavy atom. The Kier molecular flexibility index (Phi) is 6.78. The third-order valence-electron chi connectivity index (χ3n) is 5.23. The minimum Gasteiger partial charge on any atom is -0.378 e. The van der Waals surface area contributed by atoms with Crippen LogP contribution in [0.15, 0.2) is 36.9 Å². The van der Waals surface area contributed by atoms with E-state index in [2.05, 4.69) is 15.6 Å². The second-order valence-corrected chi connectivity index (χ2v) is 8.61. The first kappa shape index (κ1) is 22.9.